The summed E-state index contributed by atoms with van der Waals surface area (Å²) in [6.45, 7) is 3.68. The molecule has 2 heteroatoms. The van der Waals surface area contributed by atoms with Crippen LogP contribution in [-0.4, -0.2) is 5.91 Å². The molecule has 0 saturated heterocycles. The fourth-order valence-corrected chi connectivity index (χ4v) is 1.18. The zero-order chi connectivity index (χ0) is 11.3. The van der Waals surface area contributed by atoms with Crippen LogP contribution in [0.25, 0.3) is 0 Å². The largest absolute Gasteiger partial charge is 0.338 e. The first kappa shape index (κ1) is 11.3. The molecule has 0 aliphatic heterocycles. The number of hydrogen-bond acceptors (Lipinski definition) is 1. The van der Waals surface area contributed by atoms with Crippen LogP contribution >= 0.6 is 0 Å². The van der Waals surface area contributed by atoms with Crippen LogP contribution in [-0.2, 0) is 4.79 Å². The summed E-state index contributed by atoms with van der Waals surface area (Å²) in [6.07, 6.45) is 5.39. The Morgan fingerprint density at radius 3 is 2.40 bits per heavy atom. The molecule has 0 aliphatic carbocycles. The third-order valence-electron chi connectivity index (χ3n) is 2.11. The van der Waals surface area contributed by atoms with Gasteiger partial charge in [-0.1, -0.05) is 50.1 Å². The maximum Gasteiger partial charge on any atom is 0.223 e. The van der Waals surface area contributed by atoms with E-state index in [1.807, 2.05) is 44.2 Å². The van der Waals surface area contributed by atoms with E-state index < -0.39 is 0 Å². The molecule has 1 unspecified atom stereocenters. The fraction of sp³-hybridized carbons (Fsp3) is 0.308. The van der Waals surface area contributed by atoms with Crippen LogP contribution in [0.15, 0.2) is 30.3 Å². The zero-order valence-electron chi connectivity index (χ0n) is 9.03. The lowest BCUT2D eigenvalue weighted by atomic mass is 10.1. The van der Waals surface area contributed by atoms with E-state index in [1.165, 1.54) is 0 Å². The summed E-state index contributed by atoms with van der Waals surface area (Å²) < 4.78 is 0. The van der Waals surface area contributed by atoms with Crippen molar-refractivity contribution in [2.45, 2.75) is 19.9 Å². The van der Waals surface area contributed by atoms with E-state index >= 15 is 0 Å². The number of hydrogen-bond donors (Lipinski definition) is 1. The van der Waals surface area contributed by atoms with Gasteiger partial charge in [-0.15, -0.1) is 6.42 Å². The summed E-state index contributed by atoms with van der Waals surface area (Å²) in [5.41, 5.74) is 0.939. The Labute approximate surface area is 90.7 Å². The Kier molecular flexibility index (Phi) is 3.93. The summed E-state index contributed by atoms with van der Waals surface area (Å²) >= 11 is 0. The molecule has 0 heterocycles. The quantitative estimate of drug-likeness (QED) is 0.746. The van der Waals surface area contributed by atoms with E-state index in [0.717, 1.165) is 5.56 Å². The van der Waals surface area contributed by atoms with E-state index in [1.54, 1.807) is 0 Å². The zero-order valence-corrected chi connectivity index (χ0v) is 9.03. The average Bonchev–Trinajstić information content (AvgIpc) is 2.26. The Bertz CT molecular complexity index is 362. The van der Waals surface area contributed by atoms with E-state index in [4.69, 9.17) is 6.42 Å². The minimum Gasteiger partial charge on any atom is -0.338 e. The van der Waals surface area contributed by atoms with Gasteiger partial charge in [-0.2, -0.15) is 0 Å². The van der Waals surface area contributed by atoms with Crippen LogP contribution in [0.2, 0.25) is 0 Å². The number of carbonyl (C=O) groups excluding carboxylic acids is 1. The topological polar surface area (TPSA) is 29.1 Å². The number of carbonyl (C=O) groups is 1. The standard InChI is InChI=1S/C13H15NO/c1-4-12(14-13(15)10(2)3)11-8-6-5-7-9-11/h1,5-10,12H,2-3H3,(H,14,15). The third-order valence-corrected chi connectivity index (χ3v) is 2.11. The number of nitrogens with one attached hydrogen (secondary N) is 1. The molecule has 2 nitrogen and oxygen atoms in total. The summed E-state index contributed by atoms with van der Waals surface area (Å²) in [4.78, 5) is 11.5. The van der Waals surface area contributed by atoms with Crippen molar-refractivity contribution in [1.29, 1.82) is 0 Å². The Balaban J connectivity index is 2.75. The normalized spacial score (nSPS) is 11.9. The predicted molar refractivity (Wildman–Crippen MR) is 61.0 cm³/mol. The summed E-state index contributed by atoms with van der Waals surface area (Å²) in [5.74, 6) is 2.49. The first-order chi connectivity index (χ1) is 7.15. The molecule has 1 aromatic carbocycles. The lowest BCUT2D eigenvalue weighted by molar-refractivity contribution is -0.124. The van der Waals surface area contributed by atoms with Crippen molar-refractivity contribution in [2.75, 3.05) is 0 Å². The molecule has 0 saturated carbocycles. The first-order valence-electron chi connectivity index (χ1n) is 4.96. The maximum atomic E-state index is 11.5. The van der Waals surface area contributed by atoms with Crippen LogP contribution in [0.3, 0.4) is 0 Å². The molecule has 78 valence electrons. The maximum absolute atomic E-state index is 11.5. The Morgan fingerprint density at radius 2 is 1.93 bits per heavy atom. The second-order valence-electron chi connectivity index (χ2n) is 3.67. The molecular weight excluding hydrogens is 186 g/mol. The van der Waals surface area contributed by atoms with E-state index in [2.05, 4.69) is 11.2 Å². The Hall–Kier alpha value is -1.75. The summed E-state index contributed by atoms with van der Waals surface area (Å²) in [5, 5.41) is 2.81. The second-order valence-corrected chi connectivity index (χ2v) is 3.67. The summed E-state index contributed by atoms with van der Waals surface area (Å²) in [7, 11) is 0. The Morgan fingerprint density at radius 1 is 1.33 bits per heavy atom. The third kappa shape index (κ3) is 3.14. The van der Waals surface area contributed by atoms with E-state index in [-0.39, 0.29) is 17.9 Å². The highest BCUT2D eigenvalue weighted by atomic mass is 16.1. The van der Waals surface area contributed by atoms with Gasteiger partial charge in [0.25, 0.3) is 0 Å². The van der Waals surface area contributed by atoms with Gasteiger partial charge in [-0.3, -0.25) is 4.79 Å². The molecule has 0 radical (unpaired) electrons. The smallest absolute Gasteiger partial charge is 0.223 e. The minimum atomic E-state index is -0.332. The lowest BCUT2D eigenvalue weighted by Crippen LogP contribution is -2.31. The second kappa shape index (κ2) is 5.21. The first-order valence-corrected chi connectivity index (χ1v) is 4.96. The highest BCUT2D eigenvalue weighted by Crippen LogP contribution is 2.11. The highest BCUT2D eigenvalue weighted by Gasteiger charge is 2.13. The van der Waals surface area contributed by atoms with Gasteiger partial charge >= 0.3 is 0 Å². The van der Waals surface area contributed by atoms with Crippen LogP contribution in [0.5, 0.6) is 0 Å². The van der Waals surface area contributed by atoms with Crippen LogP contribution in [0.4, 0.5) is 0 Å². The molecule has 1 aromatic rings. The SMILES string of the molecule is C#CC(NC(=O)C(C)C)c1ccccc1. The van der Waals surface area contributed by atoms with Gasteiger partial charge in [-0.25, -0.2) is 0 Å². The number of amides is 1. The fourth-order valence-electron chi connectivity index (χ4n) is 1.18. The van der Waals surface area contributed by atoms with Gasteiger partial charge in [0.05, 0.1) is 0 Å². The van der Waals surface area contributed by atoms with Crippen molar-refractivity contribution in [2.24, 2.45) is 5.92 Å². The average molecular weight is 201 g/mol. The van der Waals surface area contributed by atoms with Crippen molar-refractivity contribution in [1.82, 2.24) is 5.32 Å². The van der Waals surface area contributed by atoms with Gasteiger partial charge < -0.3 is 5.32 Å². The molecule has 0 aliphatic rings. The van der Waals surface area contributed by atoms with Crippen molar-refractivity contribution < 1.29 is 4.79 Å². The van der Waals surface area contributed by atoms with Gasteiger partial charge in [0, 0.05) is 5.92 Å². The number of benzene rings is 1. The molecule has 0 fully saturated rings. The minimum absolute atomic E-state index is 0.0261. The molecule has 0 spiro atoms. The van der Waals surface area contributed by atoms with Crippen molar-refractivity contribution in [3.05, 3.63) is 35.9 Å². The van der Waals surface area contributed by atoms with Crippen LogP contribution < -0.4 is 5.32 Å². The summed E-state index contributed by atoms with van der Waals surface area (Å²) in [6, 6.07) is 9.21. The molecule has 0 aromatic heterocycles. The number of rotatable bonds is 3. The van der Waals surface area contributed by atoms with Gasteiger partial charge in [-0.05, 0) is 5.56 Å². The highest BCUT2D eigenvalue weighted by molar-refractivity contribution is 5.78. The monoisotopic (exact) mass is 201 g/mol. The molecule has 1 rings (SSSR count). The van der Waals surface area contributed by atoms with Gasteiger partial charge in [0.15, 0.2) is 0 Å². The molecule has 1 N–H and O–H groups in total. The molecule has 1 atom stereocenters. The van der Waals surface area contributed by atoms with Gasteiger partial charge in [0.2, 0.25) is 5.91 Å². The predicted octanol–water partition coefficient (Wildman–Crippen LogP) is 2.13. The molecule has 15 heavy (non-hydrogen) atoms. The van der Waals surface area contributed by atoms with Crippen molar-refractivity contribution >= 4 is 5.91 Å². The lowest BCUT2D eigenvalue weighted by Gasteiger charge is -2.14. The molecule has 1 amide bonds. The molecular formula is C13H15NO. The van der Waals surface area contributed by atoms with Crippen molar-refractivity contribution in [3.8, 4) is 12.3 Å². The van der Waals surface area contributed by atoms with Crippen molar-refractivity contribution in [3.63, 3.8) is 0 Å². The van der Waals surface area contributed by atoms with E-state index in [0.29, 0.717) is 0 Å². The van der Waals surface area contributed by atoms with Crippen LogP contribution in [0.1, 0.15) is 25.5 Å². The number of terminal acetylenes is 1. The van der Waals surface area contributed by atoms with E-state index in [9.17, 15) is 4.79 Å². The van der Waals surface area contributed by atoms with Crippen LogP contribution in [0, 0.1) is 18.3 Å². The van der Waals surface area contributed by atoms with Gasteiger partial charge in [0.1, 0.15) is 6.04 Å². The molecule has 0 bridgehead atoms.